The lowest BCUT2D eigenvalue weighted by Crippen LogP contribution is -2.44. The molecule has 0 spiro atoms. The molecule has 0 bridgehead atoms. The maximum absolute atomic E-state index is 13.3. The number of rotatable bonds is 5. The first-order chi connectivity index (χ1) is 14.2. The van der Waals surface area contributed by atoms with Gasteiger partial charge in [0.25, 0.3) is 0 Å². The second-order valence-corrected chi connectivity index (χ2v) is 7.91. The Morgan fingerprint density at radius 3 is 2.45 bits per heavy atom. The number of H-pyrrole nitrogens is 1. The molecule has 2 aliphatic rings. The van der Waals surface area contributed by atoms with Crippen LogP contribution in [0.1, 0.15) is 43.0 Å². The number of nitrogens with zero attached hydrogens (tertiary/aromatic N) is 2. The summed E-state index contributed by atoms with van der Waals surface area (Å²) in [5, 5.41) is 10.5. The molecule has 148 valence electrons. The van der Waals surface area contributed by atoms with Crippen LogP contribution in [0.3, 0.4) is 0 Å². The molecule has 2 heterocycles. The summed E-state index contributed by atoms with van der Waals surface area (Å²) < 4.78 is 5.54. The standard InChI is InChI=1S/C23H24N4O2/c28-22(23(12-14-29-15-13-23)18-4-2-1-3-5-18)24-19-10-8-17(9-11-19)21-25-20(26-27-21)16-6-7-16/h1-5,8-11,16H,6-7,12-15H2,(H,24,28)(H,25,26,27). The van der Waals surface area contributed by atoms with Crippen LogP contribution in [0.5, 0.6) is 0 Å². The van der Waals surface area contributed by atoms with Gasteiger partial charge in [0.05, 0.1) is 5.41 Å². The topological polar surface area (TPSA) is 79.9 Å². The van der Waals surface area contributed by atoms with Gasteiger partial charge in [0.1, 0.15) is 5.82 Å². The average Bonchev–Trinajstić information content (AvgIpc) is 3.52. The van der Waals surface area contributed by atoms with Crippen LogP contribution in [0.25, 0.3) is 11.4 Å². The fourth-order valence-corrected chi connectivity index (χ4v) is 4.02. The van der Waals surface area contributed by atoms with E-state index in [9.17, 15) is 4.79 Å². The van der Waals surface area contributed by atoms with Gasteiger partial charge in [0.2, 0.25) is 5.91 Å². The highest BCUT2D eigenvalue weighted by Gasteiger charge is 2.41. The molecule has 3 aromatic rings. The van der Waals surface area contributed by atoms with Gasteiger partial charge in [-0.2, -0.15) is 5.10 Å². The van der Waals surface area contributed by atoms with Gasteiger partial charge in [-0.25, -0.2) is 4.98 Å². The summed E-state index contributed by atoms with van der Waals surface area (Å²) in [5.74, 6) is 2.24. The van der Waals surface area contributed by atoms with Crippen molar-refractivity contribution in [3.05, 3.63) is 66.0 Å². The van der Waals surface area contributed by atoms with Crippen LogP contribution < -0.4 is 5.32 Å². The normalized spacial score (nSPS) is 18.3. The van der Waals surface area contributed by atoms with Gasteiger partial charge in [-0.05, 0) is 55.5 Å². The summed E-state index contributed by atoms with van der Waals surface area (Å²) in [6.07, 6.45) is 3.74. The number of aromatic nitrogens is 3. The van der Waals surface area contributed by atoms with Gasteiger partial charge in [-0.3, -0.25) is 9.89 Å². The van der Waals surface area contributed by atoms with Gasteiger partial charge >= 0.3 is 0 Å². The lowest BCUT2D eigenvalue weighted by atomic mass is 9.73. The number of hydrogen-bond donors (Lipinski definition) is 2. The number of ether oxygens (including phenoxy) is 1. The predicted octanol–water partition coefficient (Wildman–Crippen LogP) is 4.04. The molecule has 29 heavy (non-hydrogen) atoms. The maximum atomic E-state index is 13.3. The van der Waals surface area contributed by atoms with Crippen molar-refractivity contribution in [1.29, 1.82) is 0 Å². The van der Waals surface area contributed by atoms with E-state index < -0.39 is 5.41 Å². The zero-order valence-electron chi connectivity index (χ0n) is 16.2. The fourth-order valence-electron chi connectivity index (χ4n) is 4.02. The molecule has 2 aromatic carbocycles. The van der Waals surface area contributed by atoms with Crippen LogP contribution in [0, 0.1) is 0 Å². The van der Waals surface area contributed by atoms with Crippen molar-refractivity contribution in [2.75, 3.05) is 18.5 Å². The highest BCUT2D eigenvalue weighted by Crippen LogP contribution is 2.38. The largest absolute Gasteiger partial charge is 0.381 e. The van der Waals surface area contributed by atoms with Gasteiger partial charge in [-0.1, -0.05) is 30.3 Å². The molecule has 0 radical (unpaired) electrons. The highest BCUT2D eigenvalue weighted by atomic mass is 16.5. The Morgan fingerprint density at radius 2 is 1.76 bits per heavy atom. The third-order valence-corrected chi connectivity index (χ3v) is 5.98. The Balaban J connectivity index is 1.35. The average molecular weight is 388 g/mol. The third kappa shape index (κ3) is 3.56. The zero-order chi connectivity index (χ0) is 19.7. The van der Waals surface area contributed by atoms with E-state index in [4.69, 9.17) is 4.74 Å². The number of benzene rings is 2. The molecule has 2 fully saturated rings. The van der Waals surface area contributed by atoms with Crippen LogP contribution in [-0.4, -0.2) is 34.3 Å². The number of carbonyl (C=O) groups is 1. The van der Waals surface area contributed by atoms with E-state index in [2.05, 4.69) is 20.5 Å². The highest BCUT2D eigenvalue weighted by molar-refractivity contribution is 5.99. The molecule has 5 rings (SSSR count). The van der Waals surface area contributed by atoms with Crippen molar-refractivity contribution >= 4 is 11.6 Å². The number of hydrogen-bond acceptors (Lipinski definition) is 4. The first-order valence-corrected chi connectivity index (χ1v) is 10.2. The molecule has 0 unspecified atom stereocenters. The van der Waals surface area contributed by atoms with Crippen LogP contribution >= 0.6 is 0 Å². The number of amides is 1. The van der Waals surface area contributed by atoms with Gasteiger partial charge in [-0.15, -0.1) is 0 Å². The lowest BCUT2D eigenvalue weighted by Gasteiger charge is -2.36. The Bertz CT molecular complexity index is 987. The Hall–Kier alpha value is -2.99. The van der Waals surface area contributed by atoms with Crippen LogP contribution in [0.15, 0.2) is 54.6 Å². The minimum atomic E-state index is -0.554. The predicted molar refractivity (Wildman–Crippen MR) is 111 cm³/mol. The van der Waals surface area contributed by atoms with Crippen molar-refractivity contribution in [2.45, 2.75) is 37.0 Å². The summed E-state index contributed by atoms with van der Waals surface area (Å²) in [5.41, 5.74) is 2.21. The van der Waals surface area contributed by atoms with E-state index in [1.165, 1.54) is 12.8 Å². The molecule has 1 saturated heterocycles. The molecular formula is C23H24N4O2. The van der Waals surface area contributed by atoms with E-state index in [0.717, 1.165) is 22.6 Å². The van der Waals surface area contributed by atoms with Gasteiger partial charge in [0.15, 0.2) is 5.82 Å². The molecular weight excluding hydrogens is 364 g/mol. The van der Waals surface area contributed by atoms with Crippen molar-refractivity contribution < 1.29 is 9.53 Å². The monoisotopic (exact) mass is 388 g/mol. The van der Waals surface area contributed by atoms with Crippen molar-refractivity contribution in [1.82, 2.24) is 15.2 Å². The smallest absolute Gasteiger partial charge is 0.235 e. The molecule has 1 amide bonds. The molecule has 1 aliphatic carbocycles. The first kappa shape index (κ1) is 18.1. The van der Waals surface area contributed by atoms with E-state index in [1.54, 1.807) is 0 Å². The molecule has 6 nitrogen and oxygen atoms in total. The van der Waals surface area contributed by atoms with Crippen molar-refractivity contribution in [3.8, 4) is 11.4 Å². The zero-order valence-corrected chi connectivity index (χ0v) is 16.2. The summed E-state index contributed by atoms with van der Waals surface area (Å²) in [7, 11) is 0. The maximum Gasteiger partial charge on any atom is 0.235 e. The second kappa shape index (κ2) is 7.44. The summed E-state index contributed by atoms with van der Waals surface area (Å²) >= 11 is 0. The quantitative estimate of drug-likeness (QED) is 0.691. The second-order valence-electron chi connectivity index (χ2n) is 7.91. The van der Waals surface area contributed by atoms with Gasteiger partial charge in [0, 0.05) is 30.4 Å². The molecule has 1 aromatic heterocycles. The number of carbonyl (C=O) groups excluding carboxylic acids is 1. The number of nitrogens with one attached hydrogen (secondary N) is 2. The van der Waals surface area contributed by atoms with Crippen molar-refractivity contribution in [3.63, 3.8) is 0 Å². The molecule has 6 heteroatoms. The Labute approximate surface area is 169 Å². The fraction of sp³-hybridized carbons (Fsp3) is 0.348. The number of anilines is 1. The third-order valence-electron chi connectivity index (χ3n) is 5.98. The lowest BCUT2D eigenvalue weighted by molar-refractivity contribution is -0.125. The van der Waals surface area contributed by atoms with E-state index in [1.807, 2.05) is 54.6 Å². The van der Waals surface area contributed by atoms with Crippen molar-refractivity contribution in [2.24, 2.45) is 0 Å². The van der Waals surface area contributed by atoms with Crippen LogP contribution in [-0.2, 0) is 14.9 Å². The van der Waals surface area contributed by atoms with Gasteiger partial charge < -0.3 is 10.1 Å². The summed E-state index contributed by atoms with van der Waals surface area (Å²) in [4.78, 5) is 17.9. The summed E-state index contributed by atoms with van der Waals surface area (Å²) in [6.45, 7) is 1.19. The summed E-state index contributed by atoms with van der Waals surface area (Å²) in [6, 6.07) is 17.8. The minimum Gasteiger partial charge on any atom is -0.381 e. The Morgan fingerprint density at radius 1 is 1.03 bits per heavy atom. The first-order valence-electron chi connectivity index (χ1n) is 10.2. The SMILES string of the molecule is O=C(Nc1ccc(-c2n[nH]c(C3CC3)n2)cc1)C1(c2ccccc2)CCOCC1. The van der Waals surface area contributed by atoms with E-state index >= 15 is 0 Å². The molecule has 0 atom stereocenters. The van der Waals surface area contributed by atoms with Crippen LogP contribution in [0.2, 0.25) is 0 Å². The molecule has 1 saturated carbocycles. The molecule has 1 aliphatic heterocycles. The van der Waals surface area contributed by atoms with E-state index in [-0.39, 0.29) is 5.91 Å². The Kier molecular flexibility index (Phi) is 4.64. The minimum absolute atomic E-state index is 0.0219. The van der Waals surface area contributed by atoms with Crippen LogP contribution in [0.4, 0.5) is 5.69 Å². The molecule has 2 N–H and O–H groups in total. The van der Waals surface area contributed by atoms with E-state index in [0.29, 0.717) is 37.8 Å². The number of aromatic amines is 1.